The first-order valence-corrected chi connectivity index (χ1v) is 5.54. The Kier molecular flexibility index (Phi) is 2.18. The van der Waals surface area contributed by atoms with E-state index in [0.717, 1.165) is 21.4 Å². The fourth-order valence-electron chi connectivity index (χ4n) is 1.60. The Labute approximate surface area is 100 Å². The Bertz CT molecular complexity index is 633. The summed E-state index contributed by atoms with van der Waals surface area (Å²) in [5.74, 6) is 0. The van der Waals surface area contributed by atoms with Crippen LogP contribution in [0.3, 0.4) is 0 Å². The van der Waals surface area contributed by atoms with Crippen LogP contribution in [0.1, 0.15) is 0 Å². The van der Waals surface area contributed by atoms with Gasteiger partial charge in [-0.1, -0.05) is 0 Å². The van der Waals surface area contributed by atoms with Gasteiger partial charge < -0.3 is 0 Å². The highest BCUT2D eigenvalue weighted by Gasteiger charge is 2.07. The Hall–Kier alpha value is -1.75. The zero-order chi connectivity index (χ0) is 11.0. The summed E-state index contributed by atoms with van der Waals surface area (Å²) in [5, 5.41) is 4.27. The fourth-order valence-corrected chi connectivity index (χ4v) is 1.96. The van der Waals surface area contributed by atoms with Crippen molar-refractivity contribution in [3.8, 4) is 11.3 Å². The monoisotopic (exact) mass is 274 g/mol. The summed E-state index contributed by atoms with van der Waals surface area (Å²) < 4.78 is 2.68. The third-order valence-electron chi connectivity index (χ3n) is 2.32. The lowest BCUT2D eigenvalue weighted by Crippen LogP contribution is -1.95. The fraction of sp³-hybridized carbons (Fsp3) is 0. The number of halogens is 1. The molecular weight excluding hydrogens is 268 g/mol. The van der Waals surface area contributed by atoms with Crippen LogP contribution in [0.25, 0.3) is 16.9 Å². The minimum atomic E-state index is 0.807. The molecule has 3 aromatic heterocycles. The largest absolute Gasteiger partial charge is 0.264 e. The van der Waals surface area contributed by atoms with Crippen LogP contribution in [0, 0.1) is 0 Å². The van der Waals surface area contributed by atoms with Gasteiger partial charge in [-0.15, -0.1) is 0 Å². The van der Waals surface area contributed by atoms with Crippen LogP contribution in [0.2, 0.25) is 0 Å². The predicted octanol–water partition coefficient (Wildman–Crippen LogP) is 2.55. The second-order valence-corrected chi connectivity index (χ2v) is 4.15. The number of aromatic nitrogens is 4. The summed E-state index contributed by atoms with van der Waals surface area (Å²) in [6.45, 7) is 0. The summed E-state index contributed by atoms with van der Waals surface area (Å²) in [5.41, 5.74) is 2.80. The number of fused-ring (bicyclic) bond motifs is 1. The van der Waals surface area contributed by atoms with Crippen molar-refractivity contribution >= 4 is 21.6 Å². The Morgan fingerprint density at radius 3 is 2.88 bits per heavy atom. The minimum Gasteiger partial charge on any atom is -0.264 e. The van der Waals surface area contributed by atoms with Crippen LogP contribution < -0.4 is 0 Å². The highest BCUT2D eigenvalue weighted by Crippen LogP contribution is 2.22. The molecule has 3 heterocycles. The number of nitrogens with zero attached hydrogens (tertiary/aromatic N) is 4. The van der Waals surface area contributed by atoms with Crippen molar-refractivity contribution in [2.24, 2.45) is 0 Å². The summed E-state index contributed by atoms with van der Waals surface area (Å²) >= 11 is 3.41. The Balaban J connectivity index is 2.32. The quantitative estimate of drug-likeness (QED) is 0.685. The van der Waals surface area contributed by atoms with Gasteiger partial charge in [0.2, 0.25) is 0 Å². The van der Waals surface area contributed by atoms with Gasteiger partial charge in [0.25, 0.3) is 0 Å². The van der Waals surface area contributed by atoms with E-state index in [0.29, 0.717) is 0 Å². The zero-order valence-corrected chi connectivity index (χ0v) is 9.79. The maximum absolute atomic E-state index is 4.27. The van der Waals surface area contributed by atoms with Crippen molar-refractivity contribution in [3.63, 3.8) is 0 Å². The molecule has 0 radical (unpaired) electrons. The van der Waals surface area contributed by atoms with Gasteiger partial charge in [0.15, 0.2) is 5.65 Å². The second kappa shape index (κ2) is 3.68. The van der Waals surface area contributed by atoms with Crippen molar-refractivity contribution in [1.82, 2.24) is 19.6 Å². The van der Waals surface area contributed by atoms with Crippen LogP contribution in [0.5, 0.6) is 0 Å². The molecule has 0 bridgehead atoms. The third kappa shape index (κ3) is 1.40. The maximum Gasteiger partial charge on any atom is 0.169 e. The number of pyridine rings is 1. The van der Waals surface area contributed by atoms with Crippen molar-refractivity contribution in [1.29, 1.82) is 0 Å². The molecular formula is C11H7BrN4. The first kappa shape index (κ1) is 9.47. The molecule has 0 aliphatic rings. The van der Waals surface area contributed by atoms with Gasteiger partial charge in [-0.3, -0.25) is 4.98 Å². The van der Waals surface area contributed by atoms with E-state index in [1.54, 1.807) is 23.1 Å². The molecule has 78 valence electrons. The molecule has 4 nitrogen and oxygen atoms in total. The lowest BCUT2D eigenvalue weighted by molar-refractivity contribution is 0.947. The third-order valence-corrected chi connectivity index (χ3v) is 2.87. The molecule has 0 aliphatic carbocycles. The highest BCUT2D eigenvalue weighted by molar-refractivity contribution is 9.10. The number of rotatable bonds is 1. The molecule has 0 unspecified atom stereocenters. The first-order chi connectivity index (χ1) is 7.86. The zero-order valence-electron chi connectivity index (χ0n) is 8.21. The number of hydrogen-bond acceptors (Lipinski definition) is 3. The normalized spacial score (nSPS) is 10.8. The van der Waals surface area contributed by atoms with E-state index in [1.165, 1.54) is 0 Å². The Morgan fingerprint density at radius 2 is 2.06 bits per heavy atom. The molecule has 3 rings (SSSR count). The Morgan fingerprint density at radius 1 is 1.12 bits per heavy atom. The molecule has 16 heavy (non-hydrogen) atoms. The van der Waals surface area contributed by atoms with Crippen LogP contribution in [-0.4, -0.2) is 19.6 Å². The summed E-state index contributed by atoms with van der Waals surface area (Å²) in [6, 6.07) is 5.82. The van der Waals surface area contributed by atoms with Gasteiger partial charge in [0.1, 0.15) is 0 Å². The van der Waals surface area contributed by atoms with E-state index in [9.17, 15) is 0 Å². The average Bonchev–Trinajstić information content (AvgIpc) is 2.73. The van der Waals surface area contributed by atoms with Gasteiger partial charge in [0.05, 0.1) is 16.4 Å². The van der Waals surface area contributed by atoms with Gasteiger partial charge >= 0.3 is 0 Å². The molecule has 5 heteroatoms. The summed E-state index contributed by atoms with van der Waals surface area (Å²) in [4.78, 5) is 8.36. The first-order valence-electron chi connectivity index (χ1n) is 4.75. The molecule has 0 aromatic carbocycles. The van der Waals surface area contributed by atoms with Crippen LogP contribution >= 0.6 is 15.9 Å². The lowest BCUT2D eigenvalue weighted by Gasteiger charge is -2.03. The van der Waals surface area contributed by atoms with Crippen molar-refractivity contribution in [2.45, 2.75) is 0 Å². The topological polar surface area (TPSA) is 43.1 Å². The van der Waals surface area contributed by atoms with E-state index in [1.807, 2.05) is 24.4 Å². The van der Waals surface area contributed by atoms with Gasteiger partial charge in [-0.2, -0.15) is 5.10 Å². The van der Waals surface area contributed by atoms with Crippen LogP contribution in [0.15, 0.2) is 47.5 Å². The molecule has 0 amide bonds. The summed E-state index contributed by atoms with van der Waals surface area (Å²) in [6.07, 6.45) is 7.07. The molecule has 0 aliphatic heterocycles. The van der Waals surface area contributed by atoms with Crippen LogP contribution in [0.4, 0.5) is 0 Å². The van der Waals surface area contributed by atoms with E-state index < -0.39 is 0 Å². The highest BCUT2D eigenvalue weighted by atomic mass is 79.9. The molecule has 3 aromatic rings. The van der Waals surface area contributed by atoms with Gasteiger partial charge in [0, 0.05) is 24.2 Å². The molecule has 0 saturated heterocycles. The summed E-state index contributed by atoms with van der Waals surface area (Å²) in [7, 11) is 0. The van der Waals surface area contributed by atoms with E-state index in [-0.39, 0.29) is 0 Å². The smallest absolute Gasteiger partial charge is 0.169 e. The molecule has 0 N–H and O–H groups in total. The molecule has 0 fully saturated rings. The van der Waals surface area contributed by atoms with Gasteiger partial charge in [-0.25, -0.2) is 9.50 Å². The van der Waals surface area contributed by atoms with Crippen molar-refractivity contribution in [2.75, 3.05) is 0 Å². The second-order valence-electron chi connectivity index (χ2n) is 3.30. The van der Waals surface area contributed by atoms with E-state index in [4.69, 9.17) is 0 Å². The van der Waals surface area contributed by atoms with Crippen molar-refractivity contribution in [3.05, 3.63) is 47.5 Å². The minimum absolute atomic E-state index is 0.807. The SMILES string of the molecule is Brc1cnn2c(-c3cccnc3)ccnc12. The lowest BCUT2D eigenvalue weighted by atomic mass is 10.2. The van der Waals surface area contributed by atoms with Gasteiger partial charge in [-0.05, 0) is 34.1 Å². The standard InChI is InChI=1S/C11H7BrN4/c12-9-7-15-16-10(3-5-14-11(9)16)8-2-1-4-13-6-8/h1-7H. The number of hydrogen-bond donors (Lipinski definition) is 0. The molecule has 0 saturated carbocycles. The predicted molar refractivity (Wildman–Crippen MR) is 63.9 cm³/mol. The molecule has 0 spiro atoms. The maximum atomic E-state index is 4.27. The van der Waals surface area contributed by atoms with E-state index >= 15 is 0 Å². The van der Waals surface area contributed by atoms with Crippen LogP contribution in [-0.2, 0) is 0 Å². The molecule has 0 atom stereocenters. The average molecular weight is 275 g/mol. The van der Waals surface area contributed by atoms with Crippen molar-refractivity contribution < 1.29 is 0 Å². The van der Waals surface area contributed by atoms with E-state index in [2.05, 4.69) is 31.0 Å².